The molecular weight excluding hydrogens is 398 g/mol. The van der Waals surface area contributed by atoms with Crippen LogP contribution in [-0.4, -0.2) is 63.9 Å². The van der Waals surface area contributed by atoms with Gasteiger partial charge in [0.25, 0.3) is 0 Å². The van der Waals surface area contributed by atoms with Crippen molar-refractivity contribution in [3.8, 4) is 0 Å². The third-order valence-corrected chi connectivity index (χ3v) is 5.56. The first kappa shape index (κ1) is 29.1. The molecule has 7 heteroatoms. The molecule has 0 radical (unpaired) electrons. The van der Waals surface area contributed by atoms with E-state index in [0.717, 1.165) is 32.1 Å². The van der Waals surface area contributed by atoms with Gasteiger partial charge in [-0.05, 0) is 38.5 Å². The summed E-state index contributed by atoms with van der Waals surface area (Å²) in [5.41, 5.74) is 0. The number of hydrogen-bond acceptors (Lipinski definition) is 3. The van der Waals surface area contributed by atoms with E-state index < -0.39 is 42.0 Å². The van der Waals surface area contributed by atoms with Gasteiger partial charge in [0.2, 0.25) is 0 Å². The second-order valence-electron chi connectivity index (χ2n) is 8.66. The molecule has 0 aliphatic rings. The molecule has 0 fully saturated rings. The summed E-state index contributed by atoms with van der Waals surface area (Å²) in [6.45, 7) is 1.05. The van der Waals surface area contributed by atoms with E-state index in [1.165, 1.54) is 51.4 Å². The third-order valence-electron chi connectivity index (χ3n) is 5.56. The Morgan fingerprint density at radius 3 is 1.32 bits per heavy atom. The summed E-state index contributed by atoms with van der Waals surface area (Å²) in [5.74, 6) is -3.52. The molecule has 0 aliphatic heterocycles. The molecule has 0 saturated heterocycles. The monoisotopic (exact) mass is 442 g/mol. The molecular formula is C24H44NO6+. The molecule has 0 unspecified atom stereocenters. The summed E-state index contributed by atoms with van der Waals surface area (Å²) in [6, 6.07) is 0. The standard InChI is InChI=1S/C24H43NO6/c1-2-3-4-5-6-7-8-9-10-11-12-13-14-15-16-17-18-25(19-22(26)27,20-23(28)29)21-24(30)31/h8-9H,2-7,10-21H2,1H3,(H2-,26,27,28,29,30,31)/p+1/b9-8+. The Morgan fingerprint density at radius 2 is 0.935 bits per heavy atom. The average Bonchev–Trinajstić information content (AvgIpc) is 2.66. The molecule has 180 valence electrons. The molecule has 0 atom stereocenters. The SMILES string of the molecule is CCCCCCC/C=C/CCCCCCCCC[N+](CC(=O)O)(CC(=O)O)CC(=O)O. The van der Waals surface area contributed by atoms with E-state index in [-0.39, 0.29) is 6.54 Å². The smallest absolute Gasteiger partial charge is 0.359 e. The number of nitrogens with zero attached hydrogens (tertiary/aromatic N) is 1. The predicted molar refractivity (Wildman–Crippen MR) is 122 cm³/mol. The number of unbranched alkanes of at least 4 members (excludes halogenated alkanes) is 12. The van der Waals surface area contributed by atoms with Crippen molar-refractivity contribution in [3.63, 3.8) is 0 Å². The van der Waals surface area contributed by atoms with Gasteiger partial charge in [-0.3, -0.25) is 4.48 Å². The Bertz CT molecular complexity index is 491. The van der Waals surface area contributed by atoms with Crippen molar-refractivity contribution in [1.82, 2.24) is 0 Å². The first-order valence-electron chi connectivity index (χ1n) is 12.0. The quantitative estimate of drug-likeness (QED) is 0.122. The molecule has 0 amide bonds. The maximum Gasteiger partial charge on any atom is 0.359 e. The van der Waals surface area contributed by atoms with Crippen LogP contribution < -0.4 is 0 Å². The van der Waals surface area contributed by atoms with Crippen LogP contribution in [0.5, 0.6) is 0 Å². The van der Waals surface area contributed by atoms with Gasteiger partial charge in [0.05, 0.1) is 6.54 Å². The number of aliphatic carboxylic acids is 3. The van der Waals surface area contributed by atoms with E-state index in [1.807, 2.05) is 0 Å². The van der Waals surface area contributed by atoms with Gasteiger partial charge in [0, 0.05) is 0 Å². The van der Waals surface area contributed by atoms with Gasteiger partial charge >= 0.3 is 17.9 Å². The molecule has 0 saturated carbocycles. The van der Waals surface area contributed by atoms with Crippen molar-refractivity contribution in [3.05, 3.63) is 12.2 Å². The number of rotatable bonds is 22. The molecule has 0 aromatic carbocycles. The molecule has 0 aromatic rings. The van der Waals surface area contributed by atoms with Crippen LogP contribution in [0.2, 0.25) is 0 Å². The number of quaternary nitrogens is 1. The fraction of sp³-hybridized carbons (Fsp3) is 0.792. The van der Waals surface area contributed by atoms with E-state index in [1.54, 1.807) is 0 Å². The van der Waals surface area contributed by atoms with Gasteiger partial charge in [0.15, 0.2) is 19.6 Å². The van der Waals surface area contributed by atoms with Crippen LogP contribution in [0, 0.1) is 0 Å². The van der Waals surface area contributed by atoms with E-state index in [4.69, 9.17) is 15.3 Å². The summed E-state index contributed by atoms with van der Waals surface area (Å²) in [6.07, 6.45) is 20.7. The zero-order valence-corrected chi connectivity index (χ0v) is 19.4. The van der Waals surface area contributed by atoms with Crippen molar-refractivity contribution in [2.45, 2.75) is 96.8 Å². The van der Waals surface area contributed by atoms with E-state index in [9.17, 15) is 14.4 Å². The highest BCUT2D eigenvalue weighted by Gasteiger charge is 2.35. The summed E-state index contributed by atoms with van der Waals surface area (Å²) >= 11 is 0. The Labute approximate surface area is 187 Å². The second kappa shape index (κ2) is 18.8. The molecule has 0 rings (SSSR count). The van der Waals surface area contributed by atoms with E-state index in [0.29, 0.717) is 6.42 Å². The molecule has 0 heterocycles. The lowest BCUT2D eigenvalue weighted by molar-refractivity contribution is -0.907. The van der Waals surface area contributed by atoms with Crippen LogP contribution in [0.25, 0.3) is 0 Å². The zero-order valence-electron chi connectivity index (χ0n) is 19.4. The van der Waals surface area contributed by atoms with Crippen LogP contribution in [0.15, 0.2) is 12.2 Å². The lowest BCUT2D eigenvalue weighted by Crippen LogP contribution is -2.57. The van der Waals surface area contributed by atoms with Crippen LogP contribution >= 0.6 is 0 Å². The largest absolute Gasteiger partial charge is 0.477 e. The Kier molecular flexibility index (Phi) is 17.7. The Hall–Kier alpha value is -1.89. The molecule has 0 spiro atoms. The first-order valence-corrected chi connectivity index (χ1v) is 12.0. The zero-order chi connectivity index (χ0) is 23.4. The molecule has 0 aliphatic carbocycles. The van der Waals surface area contributed by atoms with Crippen molar-refractivity contribution < 1.29 is 34.2 Å². The first-order chi connectivity index (χ1) is 14.8. The number of carboxylic acid groups (broad SMARTS) is 3. The molecule has 0 bridgehead atoms. The number of allylic oxidation sites excluding steroid dienone is 2. The Balaban J connectivity index is 3.91. The molecule has 7 nitrogen and oxygen atoms in total. The fourth-order valence-electron chi connectivity index (χ4n) is 3.96. The minimum Gasteiger partial charge on any atom is -0.477 e. The van der Waals surface area contributed by atoms with Crippen LogP contribution in [0.4, 0.5) is 0 Å². The Morgan fingerprint density at radius 1 is 0.581 bits per heavy atom. The van der Waals surface area contributed by atoms with E-state index >= 15 is 0 Å². The lowest BCUT2D eigenvalue weighted by atomic mass is 10.1. The fourth-order valence-corrected chi connectivity index (χ4v) is 3.96. The summed E-state index contributed by atoms with van der Waals surface area (Å²) in [4.78, 5) is 33.4. The van der Waals surface area contributed by atoms with Gasteiger partial charge in [-0.1, -0.05) is 70.4 Å². The second-order valence-corrected chi connectivity index (χ2v) is 8.66. The van der Waals surface area contributed by atoms with Crippen LogP contribution in [0.3, 0.4) is 0 Å². The van der Waals surface area contributed by atoms with Gasteiger partial charge in [-0.15, -0.1) is 0 Å². The van der Waals surface area contributed by atoms with Crippen molar-refractivity contribution in [2.24, 2.45) is 0 Å². The lowest BCUT2D eigenvalue weighted by Gasteiger charge is -2.34. The van der Waals surface area contributed by atoms with Gasteiger partial charge in [-0.25, -0.2) is 14.4 Å². The van der Waals surface area contributed by atoms with Gasteiger partial charge < -0.3 is 15.3 Å². The highest BCUT2D eigenvalue weighted by molar-refractivity contribution is 5.73. The summed E-state index contributed by atoms with van der Waals surface area (Å²) < 4.78 is -0.440. The third kappa shape index (κ3) is 18.6. The van der Waals surface area contributed by atoms with Crippen molar-refractivity contribution in [2.75, 3.05) is 26.2 Å². The van der Waals surface area contributed by atoms with Crippen molar-refractivity contribution >= 4 is 17.9 Å². The predicted octanol–water partition coefficient (Wildman–Crippen LogP) is 5.09. The number of carboxylic acids is 3. The number of carbonyl (C=O) groups is 3. The molecule has 3 N–H and O–H groups in total. The molecule has 31 heavy (non-hydrogen) atoms. The molecule has 0 aromatic heterocycles. The van der Waals surface area contributed by atoms with Gasteiger partial charge in [0.1, 0.15) is 0 Å². The van der Waals surface area contributed by atoms with Gasteiger partial charge in [-0.2, -0.15) is 0 Å². The van der Waals surface area contributed by atoms with Crippen LogP contribution in [-0.2, 0) is 14.4 Å². The normalized spacial score (nSPS) is 11.8. The maximum absolute atomic E-state index is 11.1. The highest BCUT2D eigenvalue weighted by atomic mass is 16.4. The highest BCUT2D eigenvalue weighted by Crippen LogP contribution is 2.14. The summed E-state index contributed by atoms with van der Waals surface area (Å²) in [5, 5.41) is 27.3. The van der Waals surface area contributed by atoms with E-state index in [2.05, 4.69) is 19.1 Å². The number of hydrogen-bond donors (Lipinski definition) is 3. The van der Waals surface area contributed by atoms with Crippen LogP contribution in [0.1, 0.15) is 96.8 Å². The van der Waals surface area contributed by atoms with Crippen molar-refractivity contribution in [1.29, 1.82) is 0 Å². The maximum atomic E-state index is 11.1. The minimum absolute atomic E-state index is 0.258. The average molecular weight is 443 g/mol. The summed E-state index contributed by atoms with van der Waals surface area (Å²) in [7, 11) is 0. The topological polar surface area (TPSA) is 112 Å². The minimum atomic E-state index is -1.17.